The summed E-state index contributed by atoms with van der Waals surface area (Å²) >= 11 is 0. The van der Waals surface area contributed by atoms with Crippen molar-refractivity contribution in [2.75, 3.05) is 6.61 Å². The third kappa shape index (κ3) is 4.42. The molecule has 3 heteroatoms. The molecular formula is C17H18N2O. The van der Waals surface area contributed by atoms with Gasteiger partial charge in [0.1, 0.15) is 11.8 Å². The van der Waals surface area contributed by atoms with Crippen LogP contribution in [-0.2, 0) is 13.1 Å². The van der Waals surface area contributed by atoms with Gasteiger partial charge in [-0.2, -0.15) is 5.26 Å². The molecule has 102 valence electrons. The van der Waals surface area contributed by atoms with Crippen molar-refractivity contribution >= 4 is 0 Å². The van der Waals surface area contributed by atoms with E-state index < -0.39 is 0 Å². The van der Waals surface area contributed by atoms with Crippen LogP contribution < -0.4 is 10.1 Å². The van der Waals surface area contributed by atoms with Crippen LogP contribution in [0.2, 0.25) is 0 Å². The topological polar surface area (TPSA) is 45.0 Å². The molecule has 0 aromatic heterocycles. The average molecular weight is 266 g/mol. The average Bonchev–Trinajstić information content (AvgIpc) is 2.46. The van der Waals surface area contributed by atoms with Gasteiger partial charge in [0.25, 0.3) is 0 Å². The maximum absolute atomic E-state index is 8.50. The Kier molecular flexibility index (Phi) is 5.16. The fraction of sp³-hybridized carbons (Fsp3) is 0.235. The van der Waals surface area contributed by atoms with Crippen molar-refractivity contribution in [2.45, 2.75) is 20.0 Å². The Morgan fingerprint density at radius 1 is 1.05 bits per heavy atom. The minimum absolute atomic E-state index is 0.0835. The molecule has 0 aliphatic carbocycles. The predicted octanol–water partition coefficient (Wildman–Crippen LogP) is 3.19. The van der Waals surface area contributed by atoms with E-state index in [-0.39, 0.29) is 6.61 Å². The third-order valence-corrected chi connectivity index (χ3v) is 2.94. The Morgan fingerprint density at radius 2 is 1.75 bits per heavy atom. The SMILES string of the molecule is Cc1cccc(CNCc2cccc(OCC#N)c2)c1. The molecule has 2 aromatic carbocycles. The van der Waals surface area contributed by atoms with Gasteiger partial charge < -0.3 is 10.1 Å². The van der Waals surface area contributed by atoms with Gasteiger partial charge in [-0.1, -0.05) is 42.0 Å². The van der Waals surface area contributed by atoms with Gasteiger partial charge in [0, 0.05) is 13.1 Å². The first-order valence-corrected chi connectivity index (χ1v) is 6.63. The molecule has 0 radical (unpaired) electrons. The van der Waals surface area contributed by atoms with Crippen LogP contribution in [0.3, 0.4) is 0 Å². The number of hydrogen-bond donors (Lipinski definition) is 1. The summed E-state index contributed by atoms with van der Waals surface area (Å²) in [6.07, 6.45) is 0. The van der Waals surface area contributed by atoms with Crippen LogP contribution in [-0.4, -0.2) is 6.61 Å². The van der Waals surface area contributed by atoms with E-state index in [0.29, 0.717) is 0 Å². The van der Waals surface area contributed by atoms with E-state index in [2.05, 4.69) is 36.5 Å². The first-order valence-electron chi connectivity index (χ1n) is 6.63. The van der Waals surface area contributed by atoms with Crippen LogP contribution in [0, 0.1) is 18.3 Å². The normalized spacial score (nSPS) is 10.0. The molecular weight excluding hydrogens is 248 g/mol. The summed E-state index contributed by atoms with van der Waals surface area (Å²) in [7, 11) is 0. The summed E-state index contributed by atoms with van der Waals surface area (Å²) < 4.78 is 5.29. The largest absolute Gasteiger partial charge is 0.479 e. The number of aryl methyl sites for hydroxylation is 1. The number of nitriles is 1. The molecule has 0 heterocycles. The smallest absolute Gasteiger partial charge is 0.174 e. The summed E-state index contributed by atoms with van der Waals surface area (Å²) in [6.45, 7) is 3.79. The zero-order chi connectivity index (χ0) is 14.2. The van der Waals surface area contributed by atoms with Gasteiger partial charge in [-0.05, 0) is 30.2 Å². The number of nitrogens with one attached hydrogen (secondary N) is 1. The zero-order valence-corrected chi connectivity index (χ0v) is 11.6. The fourth-order valence-electron chi connectivity index (χ4n) is 2.03. The fourth-order valence-corrected chi connectivity index (χ4v) is 2.03. The number of nitrogens with zero attached hydrogens (tertiary/aromatic N) is 1. The quantitative estimate of drug-likeness (QED) is 0.873. The number of benzene rings is 2. The number of ether oxygens (including phenoxy) is 1. The molecule has 20 heavy (non-hydrogen) atoms. The molecule has 0 spiro atoms. The predicted molar refractivity (Wildman–Crippen MR) is 79.3 cm³/mol. The molecule has 0 saturated carbocycles. The molecule has 0 saturated heterocycles. The lowest BCUT2D eigenvalue weighted by atomic mass is 10.1. The van der Waals surface area contributed by atoms with Crippen molar-refractivity contribution in [3.8, 4) is 11.8 Å². The van der Waals surface area contributed by atoms with Gasteiger partial charge in [0.15, 0.2) is 6.61 Å². The Bertz CT molecular complexity index is 602. The molecule has 1 N–H and O–H groups in total. The Balaban J connectivity index is 1.86. The highest BCUT2D eigenvalue weighted by atomic mass is 16.5. The van der Waals surface area contributed by atoms with Gasteiger partial charge in [0.2, 0.25) is 0 Å². The van der Waals surface area contributed by atoms with Crippen molar-refractivity contribution in [3.05, 3.63) is 65.2 Å². The highest BCUT2D eigenvalue weighted by Gasteiger charge is 1.98. The minimum Gasteiger partial charge on any atom is -0.479 e. The summed E-state index contributed by atoms with van der Waals surface area (Å²) in [5, 5.41) is 11.9. The first kappa shape index (κ1) is 14.1. The second-order valence-electron chi connectivity index (χ2n) is 4.69. The van der Waals surface area contributed by atoms with E-state index in [1.807, 2.05) is 30.3 Å². The van der Waals surface area contributed by atoms with Crippen molar-refractivity contribution < 1.29 is 4.74 Å². The molecule has 0 atom stereocenters. The van der Waals surface area contributed by atoms with E-state index in [4.69, 9.17) is 10.00 Å². The van der Waals surface area contributed by atoms with Gasteiger partial charge in [-0.15, -0.1) is 0 Å². The molecule has 0 bridgehead atoms. The van der Waals surface area contributed by atoms with E-state index >= 15 is 0 Å². The highest BCUT2D eigenvalue weighted by molar-refractivity contribution is 5.29. The second kappa shape index (κ2) is 7.32. The Hall–Kier alpha value is -2.31. The van der Waals surface area contributed by atoms with Crippen molar-refractivity contribution in [3.63, 3.8) is 0 Å². The third-order valence-electron chi connectivity index (χ3n) is 2.94. The Morgan fingerprint density at radius 3 is 2.45 bits per heavy atom. The van der Waals surface area contributed by atoms with E-state index in [1.54, 1.807) is 0 Å². The first-order chi connectivity index (χ1) is 9.78. The number of hydrogen-bond acceptors (Lipinski definition) is 3. The van der Waals surface area contributed by atoms with Crippen LogP contribution in [0.4, 0.5) is 0 Å². The molecule has 2 rings (SSSR count). The second-order valence-corrected chi connectivity index (χ2v) is 4.69. The van der Waals surface area contributed by atoms with E-state index in [0.717, 1.165) is 24.4 Å². The van der Waals surface area contributed by atoms with E-state index in [1.165, 1.54) is 11.1 Å². The standard InChI is InChI=1S/C17H18N2O/c1-14-4-2-5-15(10-14)12-19-13-16-6-3-7-17(11-16)20-9-8-18/h2-7,10-11,19H,9,12-13H2,1H3. The lowest BCUT2D eigenvalue weighted by Gasteiger charge is -2.08. The maximum atomic E-state index is 8.50. The van der Waals surface area contributed by atoms with Crippen LogP contribution in [0.15, 0.2) is 48.5 Å². The summed E-state index contributed by atoms with van der Waals surface area (Å²) in [6, 6.07) is 18.2. The molecule has 2 aromatic rings. The van der Waals surface area contributed by atoms with Gasteiger partial charge in [-0.25, -0.2) is 0 Å². The van der Waals surface area contributed by atoms with Crippen molar-refractivity contribution in [1.29, 1.82) is 5.26 Å². The number of rotatable bonds is 6. The Labute approximate surface area is 119 Å². The molecule has 0 fully saturated rings. The van der Waals surface area contributed by atoms with Gasteiger partial charge >= 0.3 is 0 Å². The van der Waals surface area contributed by atoms with E-state index in [9.17, 15) is 0 Å². The van der Waals surface area contributed by atoms with Crippen LogP contribution in [0.1, 0.15) is 16.7 Å². The molecule has 3 nitrogen and oxygen atoms in total. The molecule has 0 aliphatic heterocycles. The summed E-state index contributed by atoms with van der Waals surface area (Å²) in [5.41, 5.74) is 3.70. The lowest BCUT2D eigenvalue weighted by molar-refractivity contribution is 0.367. The maximum Gasteiger partial charge on any atom is 0.174 e. The van der Waals surface area contributed by atoms with Crippen molar-refractivity contribution in [1.82, 2.24) is 5.32 Å². The summed E-state index contributed by atoms with van der Waals surface area (Å²) in [5.74, 6) is 0.737. The zero-order valence-electron chi connectivity index (χ0n) is 11.6. The lowest BCUT2D eigenvalue weighted by Crippen LogP contribution is -2.12. The highest BCUT2D eigenvalue weighted by Crippen LogP contribution is 2.13. The van der Waals surface area contributed by atoms with Crippen LogP contribution in [0.5, 0.6) is 5.75 Å². The molecule has 0 aliphatic rings. The monoisotopic (exact) mass is 266 g/mol. The van der Waals surface area contributed by atoms with Gasteiger partial charge in [-0.3, -0.25) is 0 Å². The molecule has 0 unspecified atom stereocenters. The molecule has 0 amide bonds. The minimum atomic E-state index is 0.0835. The van der Waals surface area contributed by atoms with Crippen LogP contribution in [0.25, 0.3) is 0 Å². The van der Waals surface area contributed by atoms with Gasteiger partial charge in [0.05, 0.1) is 0 Å². The summed E-state index contributed by atoms with van der Waals surface area (Å²) in [4.78, 5) is 0. The van der Waals surface area contributed by atoms with Crippen molar-refractivity contribution in [2.24, 2.45) is 0 Å². The van der Waals surface area contributed by atoms with Crippen LogP contribution >= 0.6 is 0 Å².